The fourth-order valence-electron chi connectivity index (χ4n) is 2.66. The summed E-state index contributed by atoms with van der Waals surface area (Å²) >= 11 is 0. The first kappa shape index (κ1) is 14.2. The van der Waals surface area contributed by atoms with Gasteiger partial charge in [0.05, 0.1) is 5.41 Å². The second-order valence-corrected chi connectivity index (χ2v) is 5.21. The normalized spacial score (nSPS) is 24.0. The van der Waals surface area contributed by atoms with Gasteiger partial charge in [-0.3, -0.25) is 14.5 Å². The molecular weight excluding hydrogens is 258 g/mol. The van der Waals surface area contributed by atoms with Crippen LogP contribution in [0.25, 0.3) is 0 Å². The average Bonchev–Trinajstić information content (AvgIpc) is 2.65. The van der Waals surface area contributed by atoms with E-state index in [2.05, 4.69) is 0 Å². The summed E-state index contributed by atoms with van der Waals surface area (Å²) in [5, 5.41) is 9.16. The summed E-state index contributed by atoms with van der Waals surface area (Å²) in [5.41, 5.74) is -0.234. The van der Waals surface area contributed by atoms with Crippen LogP contribution in [0.1, 0.15) is 32.3 Å². The van der Waals surface area contributed by atoms with Crippen LogP contribution in [0.15, 0.2) is 30.3 Å². The number of hydrogen-bond acceptors (Lipinski definition) is 3. The van der Waals surface area contributed by atoms with Gasteiger partial charge in [0.2, 0.25) is 11.8 Å². The highest BCUT2D eigenvalue weighted by Crippen LogP contribution is 2.37. The summed E-state index contributed by atoms with van der Waals surface area (Å²) in [6.45, 7) is 3.34. The Bertz CT molecular complexity index is 554. The molecule has 2 amide bonds. The molecule has 0 aliphatic carbocycles. The Kier molecular flexibility index (Phi) is 3.61. The lowest BCUT2D eigenvalue weighted by Crippen LogP contribution is -2.46. The average molecular weight is 275 g/mol. The van der Waals surface area contributed by atoms with E-state index in [1.807, 2.05) is 6.07 Å². The molecule has 1 fully saturated rings. The Morgan fingerprint density at radius 2 is 1.95 bits per heavy atom. The zero-order chi connectivity index (χ0) is 14.9. The van der Waals surface area contributed by atoms with Gasteiger partial charge in [-0.2, -0.15) is 0 Å². The molecule has 1 aromatic carbocycles. The third-order valence-electron chi connectivity index (χ3n) is 3.86. The van der Waals surface area contributed by atoms with E-state index in [1.165, 1.54) is 0 Å². The molecule has 1 heterocycles. The van der Waals surface area contributed by atoms with Gasteiger partial charge < -0.3 is 5.11 Å². The molecule has 106 valence electrons. The van der Waals surface area contributed by atoms with E-state index in [1.54, 1.807) is 38.1 Å². The van der Waals surface area contributed by atoms with Crippen LogP contribution in [0.2, 0.25) is 0 Å². The monoisotopic (exact) mass is 275 g/mol. The van der Waals surface area contributed by atoms with Crippen LogP contribution in [0.5, 0.6) is 0 Å². The van der Waals surface area contributed by atoms with Crippen LogP contribution in [0.4, 0.5) is 0 Å². The number of carboxylic acids is 1. The van der Waals surface area contributed by atoms with Crippen molar-refractivity contribution in [3.05, 3.63) is 35.9 Å². The predicted octanol–water partition coefficient (Wildman–Crippen LogP) is 1.57. The Labute approximate surface area is 117 Å². The first-order chi connectivity index (χ1) is 9.41. The maximum Gasteiger partial charge on any atom is 0.326 e. The van der Waals surface area contributed by atoms with E-state index in [9.17, 15) is 14.4 Å². The number of imide groups is 1. The van der Waals surface area contributed by atoms with E-state index < -0.39 is 29.2 Å². The van der Waals surface area contributed by atoms with Crippen molar-refractivity contribution in [1.29, 1.82) is 0 Å². The van der Waals surface area contributed by atoms with Crippen LogP contribution < -0.4 is 0 Å². The molecule has 1 saturated heterocycles. The third kappa shape index (κ3) is 2.09. The quantitative estimate of drug-likeness (QED) is 0.846. The molecule has 2 rings (SSSR count). The highest BCUT2D eigenvalue weighted by atomic mass is 16.4. The number of aliphatic carboxylic acids is 1. The standard InChI is InChI=1S/C15H17NO4/c1-3-11(13(18)19)16-12(17)9-15(2,14(16)20)10-7-5-4-6-8-10/h4-8,11H,3,9H2,1-2H3,(H,18,19). The van der Waals surface area contributed by atoms with Gasteiger partial charge in [0.25, 0.3) is 0 Å². The maximum atomic E-state index is 12.6. The van der Waals surface area contributed by atoms with Gasteiger partial charge >= 0.3 is 5.97 Å². The first-order valence-corrected chi connectivity index (χ1v) is 6.56. The van der Waals surface area contributed by atoms with Crippen molar-refractivity contribution >= 4 is 17.8 Å². The molecule has 1 N–H and O–H groups in total. The van der Waals surface area contributed by atoms with Crippen molar-refractivity contribution in [3.63, 3.8) is 0 Å². The van der Waals surface area contributed by atoms with Crippen LogP contribution in [0.3, 0.4) is 0 Å². The fourth-order valence-corrected chi connectivity index (χ4v) is 2.66. The van der Waals surface area contributed by atoms with Crippen molar-refractivity contribution in [2.45, 2.75) is 38.1 Å². The Balaban J connectivity index is 2.41. The lowest BCUT2D eigenvalue weighted by molar-refractivity contribution is -0.155. The van der Waals surface area contributed by atoms with Gasteiger partial charge in [-0.25, -0.2) is 4.79 Å². The number of carbonyl (C=O) groups is 3. The van der Waals surface area contributed by atoms with Gasteiger partial charge in [0.1, 0.15) is 6.04 Å². The van der Waals surface area contributed by atoms with Crippen molar-refractivity contribution in [1.82, 2.24) is 4.90 Å². The number of nitrogens with zero attached hydrogens (tertiary/aromatic N) is 1. The van der Waals surface area contributed by atoms with Crippen LogP contribution in [0, 0.1) is 0 Å². The zero-order valence-corrected chi connectivity index (χ0v) is 11.5. The molecule has 0 spiro atoms. The summed E-state index contributed by atoms with van der Waals surface area (Å²) in [6.07, 6.45) is 0.220. The largest absolute Gasteiger partial charge is 0.480 e. The minimum atomic E-state index is -1.15. The second-order valence-electron chi connectivity index (χ2n) is 5.21. The Hall–Kier alpha value is -2.17. The van der Waals surface area contributed by atoms with Crippen LogP contribution >= 0.6 is 0 Å². The lowest BCUT2D eigenvalue weighted by Gasteiger charge is -2.25. The molecule has 1 aliphatic rings. The van der Waals surface area contributed by atoms with E-state index in [0.717, 1.165) is 10.5 Å². The molecule has 5 nitrogen and oxygen atoms in total. The smallest absolute Gasteiger partial charge is 0.326 e. The number of benzene rings is 1. The van der Waals surface area contributed by atoms with Crippen molar-refractivity contribution in [2.75, 3.05) is 0 Å². The van der Waals surface area contributed by atoms with Crippen molar-refractivity contribution in [2.24, 2.45) is 0 Å². The predicted molar refractivity (Wildman–Crippen MR) is 72.0 cm³/mol. The summed E-state index contributed by atoms with van der Waals surface area (Å²) in [5.74, 6) is -2.00. The number of rotatable bonds is 4. The lowest BCUT2D eigenvalue weighted by atomic mass is 9.81. The molecule has 0 radical (unpaired) electrons. The first-order valence-electron chi connectivity index (χ1n) is 6.56. The summed E-state index contributed by atoms with van der Waals surface area (Å²) in [7, 11) is 0. The molecule has 1 aromatic rings. The van der Waals surface area contributed by atoms with Gasteiger partial charge in [-0.05, 0) is 18.9 Å². The van der Waals surface area contributed by atoms with Crippen molar-refractivity contribution < 1.29 is 19.5 Å². The van der Waals surface area contributed by atoms with Gasteiger partial charge in [0, 0.05) is 6.42 Å². The molecule has 2 unspecified atom stereocenters. The third-order valence-corrected chi connectivity index (χ3v) is 3.86. The molecule has 2 atom stereocenters. The molecule has 0 aromatic heterocycles. The minimum absolute atomic E-state index is 0.0135. The summed E-state index contributed by atoms with van der Waals surface area (Å²) in [4.78, 5) is 36.8. The maximum absolute atomic E-state index is 12.6. The fraction of sp³-hybridized carbons (Fsp3) is 0.400. The molecule has 0 saturated carbocycles. The number of hydrogen-bond donors (Lipinski definition) is 1. The molecule has 0 bridgehead atoms. The minimum Gasteiger partial charge on any atom is -0.480 e. The molecular formula is C15H17NO4. The number of amides is 2. The zero-order valence-electron chi connectivity index (χ0n) is 11.5. The number of likely N-dealkylation sites (tertiary alicyclic amines) is 1. The molecule has 1 aliphatic heterocycles. The van der Waals surface area contributed by atoms with E-state index in [4.69, 9.17) is 5.11 Å². The highest BCUT2D eigenvalue weighted by molar-refractivity contribution is 6.10. The van der Waals surface area contributed by atoms with Gasteiger partial charge in [-0.15, -0.1) is 0 Å². The van der Waals surface area contributed by atoms with E-state index >= 15 is 0 Å². The topological polar surface area (TPSA) is 74.7 Å². The molecule has 5 heteroatoms. The van der Waals surface area contributed by atoms with Crippen LogP contribution in [-0.2, 0) is 19.8 Å². The second kappa shape index (κ2) is 5.07. The highest BCUT2D eigenvalue weighted by Gasteiger charge is 2.52. The van der Waals surface area contributed by atoms with Crippen molar-refractivity contribution in [3.8, 4) is 0 Å². The Morgan fingerprint density at radius 3 is 2.45 bits per heavy atom. The van der Waals surface area contributed by atoms with E-state index in [-0.39, 0.29) is 12.8 Å². The number of carboxylic acid groups (broad SMARTS) is 1. The van der Waals surface area contributed by atoms with Gasteiger partial charge in [0.15, 0.2) is 0 Å². The number of carbonyl (C=O) groups excluding carboxylic acids is 2. The van der Waals surface area contributed by atoms with E-state index in [0.29, 0.717) is 0 Å². The van der Waals surface area contributed by atoms with Crippen LogP contribution in [-0.4, -0.2) is 33.8 Å². The summed E-state index contributed by atoms with van der Waals surface area (Å²) in [6, 6.07) is 7.93. The molecule has 20 heavy (non-hydrogen) atoms. The SMILES string of the molecule is CCC(C(=O)O)N1C(=O)CC(C)(c2ccccc2)C1=O. The van der Waals surface area contributed by atoms with Gasteiger partial charge in [-0.1, -0.05) is 37.3 Å². The summed E-state index contributed by atoms with van der Waals surface area (Å²) < 4.78 is 0. The Morgan fingerprint density at radius 1 is 1.35 bits per heavy atom.